The highest BCUT2D eigenvalue weighted by atomic mass is 79.9. The number of sulfonamides is 1. The molecule has 1 aromatic rings. The van der Waals surface area contributed by atoms with E-state index < -0.39 is 34.8 Å². The minimum Gasteiger partial charge on any atom is -0.212 e. The topological polar surface area (TPSA) is 46.2 Å². The number of nitrogens with one attached hydrogen (secondary N) is 1. The van der Waals surface area contributed by atoms with Crippen molar-refractivity contribution in [3.8, 4) is 0 Å². The summed E-state index contributed by atoms with van der Waals surface area (Å²) in [6.45, 7) is 0.0803. The molecule has 20 heavy (non-hydrogen) atoms. The highest BCUT2D eigenvalue weighted by Crippen LogP contribution is 2.21. The Bertz CT molecular complexity index is 514. The van der Waals surface area contributed by atoms with E-state index in [1.165, 1.54) is 0 Å². The highest BCUT2D eigenvalue weighted by Gasteiger charge is 2.27. The van der Waals surface area contributed by atoms with Gasteiger partial charge in [-0.2, -0.15) is 13.2 Å². The maximum atomic E-state index is 11.9. The number of halogens is 4. The third kappa shape index (κ3) is 7.25. The minimum absolute atomic E-state index is 0.0803. The van der Waals surface area contributed by atoms with Gasteiger partial charge in [0.15, 0.2) is 0 Å². The van der Waals surface area contributed by atoms with E-state index in [1.54, 1.807) is 12.1 Å². The first-order chi connectivity index (χ1) is 9.22. The molecule has 0 amide bonds. The van der Waals surface area contributed by atoms with Crippen LogP contribution in [0.25, 0.3) is 0 Å². The van der Waals surface area contributed by atoms with Gasteiger partial charge in [0.1, 0.15) is 0 Å². The van der Waals surface area contributed by atoms with Gasteiger partial charge in [-0.1, -0.05) is 40.2 Å². The second-order valence-electron chi connectivity index (χ2n) is 4.31. The first-order valence-corrected chi connectivity index (χ1v) is 8.67. The van der Waals surface area contributed by atoms with Crippen LogP contribution in [0.3, 0.4) is 0 Å². The normalized spacial score (nSPS) is 12.6. The Labute approximate surface area is 124 Å². The van der Waals surface area contributed by atoms with E-state index in [-0.39, 0.29) is 6.54 Å². The van der Waals surface area contributed by atoms with Crippen molar-refractivity contribution in [2.45, 2.75) is 30.9 Å². The summed E-state index contributed by atoms with van der Waals surface area (Å²) >= 11 is 3.29. The Kier molecular flexibility index (Phi) is 6.47. The van der Waals surface area contributed by atoms with E-state index in [0.717, 1.165) is 11.1 Å². The van der Waals surface area contributed by atoms with Crippen LogP contribution in [-0.4, -0.2) is 20.3 Å². The zero-order valence-electron chi connectivity index (χ0n) is 10.6. The maximum Gasteiger partial charge on any atom is 0.389 e. The highest BCUT2D eigenvalue weighted by molar-refractivity contribution is 9.08. The molecule has 0 aliphatic carbocycles. The molecule has 3 nitrogen and oxygen atoms in total. The van der Waals surface area contributed by atoms with E-state index in [4.69, 9.17) is 0 Å². The third-order valence-corrected chi connectivity index (χ3v) is 4.60. The number of alkyl halides is 4. The molecule has 114 valence electrons. The van der Waals surface area contributed by atoms with Gasteiger partial charge in [0, 0.05) is 18.3 Å². The Hall–Kier alpha value is -0.600. The zero-order chi connectivity index (χ0) is 15.2. The lowest BCUT2D eigenvalue weighted by molar-refractivity contribution is -0.134. The largest absolute Gasteiger partial charge is 0.389 e. The molecule has 0 saturated heterocycles. The fraction of sp³-hybridized carbons (Fsp3) is 0.500. The van der Waals surface area contributed by atoms with Crippen LogP contribution in [0.2, 0.25) is 0 Å². The summed E-state index contributed by atoms with van der Waals surface area (Å²) in [6.07, 6.45) is -5.84. The van der Waals surface area contributed by atoms with Crippen LogP contribution in [0, 0.1) is 0 Å². The van der Waals surface area contributed by atoms with Gasteiger partial charge in [0.2, 0.25) is 10.0 Å². The van der Waals surface area contributed by atoms with Crippen LogP contribution in [0.4, 0.5) is 13.2 Å². The fourth-order valence-electron chi connectivity index (χ4n) is 1.47. The average molecular weight is 374 g/mol. The lowest BCUT2D eigenvalue weighted by Crippen LogP contribution is -2.26. The van der Waals surface area contributed by atoms with Gasteiger partial charge in [0.25, 0.3) is 0 Å². The van der Waals surface area contributed by atoms with E-state index in [9.17, 15) is 21.6 Å². The van der Waals surface area contributed by atoms with Gasteiger partial charge in [-0.15, -0.1) is 0 Å². The molecule has 1 aromatic carbocycles. The molecule has 8 heteroatoms. The number of rotatable bonds is 7. The lowest BCUT2D eigenvalue weighted by Gasteiger charge is -2.08. The summed E-state index contributed by atoms with van der Waals surface area (Å²) < 4.78 is 61.1. The van der Waals surface area contributed by atoms with Gasteiger partial charge in [-0.25, -0.2) is 13.1 Å². The van der Waals surface area contributed by atoms with Gasteiger partial charge < -0.3 is 0 Å². The van der Waals surface area contributed by atoms with E-state index in [2.05, 4.69) is 20.7 Å². The van der Waals surface area contributed by atoms with Crippen LogP contribution in [0.5, 0.6) is 0 Å². The smallest absolute Gasteiger partial charge is 0.212 e. The number of benzene rings is 1. The van der Waals surface area contributed by atoms with Crippen molar-refractivity contribution < 1.29 is 21.6 Å². The van der Waals surface area contributed by atoms with Crippen LogP contribution < -0.4 is 4.72 Å². The van der Waals surface area contributed by atoms with Gasteiger partial charge in [0.05, 0.1) is 5.75 Å². The first-order valence-electron chi connectivity index (χ1n) is 5.90. The minimum atomic E-state index is -4.32. The maximum absolute atomic E-state index is 11.9. The predicted molar refractivity (Wildman–Crippen MR) is 75.0 cm³/mol. The molecule has 0 spiro atoms. The van der Waals surface area contributed by atoms with Crippen molar-refractivity contribution >= 4 is 26.0 Å². The number of hydrogen-bond acceptors (Lipinski definition) is 2. The van der Waals surface area contributed by atoms with Crippen LogP contribution in [-0.2, 0) is 21.9 Å². The lowest BCUT2D eigenvalue weighted by atomic mass is 10.2. The van der Waals surface area contributed by atoms with Gasteiger partial charge in [-0.3, -0.25) is 0 Å². The Morgan fingerprint density at radius 1 is 1.10 bits per heavy atom. The molecule has 1 N–H and O–H groups in total. The monoisotopic (exact) mass is 373 g/mol. The van der Waals surface area contributed by atoms with Crippen molar-refractivity contribution in [1.29, 1.82) is 0 Å². The summed E-state index contributed by atoms with van der Waals surface area (Å²) in [5.41, 5.74) is 1.82. The van der Waals surface area contributed by atoms with Gasteiger partial charge in [-0.05, 0) is 17.5 Å². The Balaban J connectivity index is 2.42. The van der Waals surface area contributed by atoms with Crippen molar-refractivity contribution in [2.75, 3.05) is 5.75 Å². The van der Waals surface area contributed by atoms with E-state index >= 15 is 0 Å². The Morgan fingerprint density at radius 2 is 1.65 bits per heavy atom. The summed E-state index contributed by atoms with van der Waals surface area (Å²) in [5, 5.41) is 0.705. The molecule has 0 aliphatic heterocycles. The van der Waals surface area contributed by atoms with E-state index in [1.807, 2.05) is 12.1 Å². The van der Waals surface area contributed by atoms with Crippen molar-refractivity contribution in [1.82, 2.24) is 4.72 Å². The van der Waals surface area contributed by atoms with Crippen LogP contribution >= 0.6 is 15.9 Å². The second-order valence-corrected chi connectivity index (χ2v) is 6.80. The molecule has 0 heterocycles. The number of hydrogen-bond donors (Lipinski definition) is 1. The van der Waals surface area contributed by atoms with E-state index in [0.29, 0.717) is 5.33 Å². The van der Waals surface area contributed by atoms with Crippen molar-refractivity contribution in [2.24, 2.45) is 0 Å². The van der Waals surface area contributed by atoms with Crippen molar-refractivity contribution in [3.63, 3.8) is 0 Å². The summed E-state index contributed by atoms with van der Waals surface area (Å²) in [4.78, 5) is 0. The molecule has 0 radical (unpaired) electrons. The molecule has 0 aliphatic rings. The molecule has 0 fully saturated rings. The van der Waals surface area contributed by atoms with Crippen molar-refractivity contribution in [3.05, 3.63) is 35.4 Å². The van der Waals surface area contributed by atoms with Gasteiger partial charge >= 0.3 is 6.18 Å². The Morgan fingerprint density at radius 3 is 2.15 bits per heavy atom. The molecule has 0 unspecified atom stereocenters. The molecular weight excluding hydrogens is 359 g/mol. The molecule has 0 bridgehead atoms. The third-order valence-electron chi connectivity index (χ3n) is 2.55. The molecular formula is C12H15BrF3NO2S. The summed E-state index contributed by atoms with van der Waals surface area (Å²) in [6, 6.07) is 7.24. The summed E-state index contributed by atoms with van der Waals surface area (Å²) in [5.74, 6) is -0.522. The fourth-order valence-corrected chi connectivity index (χ4v) is 2.90. The summed E-state index contributed by atoms with van der Waals surface area (Å²) in [7, 11) is -3.68. The SMILES string of the molecule is O=S(=O)(CCCC(F)(F)F)NCc1ccc(CBr)cc1. The predicted octanol–water partition coefficient (Wildman–Crippen LogP) is 3.34. The average Bonchev–Trinajstić information content (AvgIpc) is 2.35. The first kappa shape index (κ1) is 17.5. The standard InChI is InChI=1S/C12H15BrF3NO2S/c13-8-10-2-4-11(5-3-10)9-17-20(18,19)7-1-6-12(14,15)16/h2-5,17H,1,6-9H2. The van der Waals surface area contributed by atoms with Crippen LogP contribution in [0.1, 0.15) is 24.0 Å². The quantitative estimate of drug-likeness (QED) is 0.745. The molecule has 0 aromatic heterocycles. The zero-order valence-corrected chi connectivity index (χ0v) is 13.0. The molecule has 1 rings (SSSR count). The second kappa shape index (κ2) is 7.42. The van der Waals surface area contributed by atoms with Crippen LogP contribution in [0.15, 0.2) is 24.3 Å². The molecule has 0 atom stereocenters. The molecule has 0 saturated carbocycles.